The number of unbranched alkanes of at least 4 members (excludes halogenated alkanes) is 32. The van der Waals surface area contributed by atoms with Crippen molar-refractivity contribution >= 4 is 11.9 Å². The van der Waals surface area contributed by atoms with Crippen molar-refractivity contribution in [3.05, 3.63) is 0 Å². The quantitative estimate of drug-likeness (QED) is 0.0428. The molecule has 0 heterocycles. The van der Waals surface area contributed by atoms with Gasteiger partial charge in [-0.05, 0) is 25.7 Å². The van der Waals surface area contributed by atoms with E-state index in [-0.39, 0.29) is 18.5 Å². The Bertz CT molecular complexity index is 732. The van der Waals surface area contributed by atoms with E-state index in [1.807, 2.05) is 0 Å². The van der Waals surface area contributed by atoms with Crippen LogP contribution in [-0.2, 0) is 14.3 Å². The first-order valence-corrected chi connectivity index (χ1v) is 23.3. The maximum absolute atomic E-state index is 12.4. The first kappa shape index (κ1) is 50.9. The van der Waals surface area contributed by atoms with Gasteiger partial charge in [0.2, 0.25) is 5.91 Å². The maximum Gasteiger partial charge on any atom is 0.305 e. The van der Waals surface area contributed by atoms with Crippen LogP contribution in [0.1, 0.15) is 258 Å². The minimum atomic E-state index is -0.673. The molecule has 0 aliphatic carbocycles. The molecule has 0 aliphatic heterocycles. The summed E-state index contributed by atoms with van der Waals surface area (Å²) < 4.78 is 5.43. The topological polar surface area (TPSA) is 95.9 Å². The van der Waals surface area contributed by atoms with Crippen molar-refractivity contribution in [2.45, 2.75) is 270 Å². The van der Waals surface area contributed by atoms with Crippen molar-refractivity contribution in [2.75, 3.05) is 13.2 Å². The molecule has 52 heavy (non-hydrogen) atoms. The second-order valence-corrected chi connectivity index (χ2v) is 16.1. The van der Waals surface area contributed by atoms with Crippen molar-refractivity contribution in [3.8, 4) is 0 Å². The van der Waals surface area contributed by atoms with Gasteiger partial charge in [0, 0.05) is 12.8 Å². The van der Waals surface area contributed by atoms with Crippen LogP contribution in [0.3, 0.4) is 0 Å². The van der Waals surface area contributed by atoms with E-state index in [1.165, 1.54) is 167 Å². The number of esters is 1. The summed E-state index contributed by atoms with van der Waals surface area (Å²) in [6.45, 7) is 4.90. The summed E-state index contributed by atoms with van der Waals surface area (Å²) >= 11 is 0. The average Bonchev–Trinajstić information content (AvgIpc) is 3.14. The lowest BCUT2D eigenvalue weighted by atomic mass is 10.0. The van der Waals surface area contributed by atoms with Crippen molar-refractivity contribution in [1.29, 1.82) is 0 Å². The van der Waals surface area contributed by atoms with Gasteiger partial charge >= 0.3 is 5.97 Å². The van der Waals surface area contributed by atoms with Gasteiger partial charge in [-0.1, -0.05) is 219 Å². The summed E-state index contributed by atoms with van der Waals surface area (Å²) in [5.74, 6) is -0.0670. The van der Waals surface area contributed by atoms with Gasteiger partial charge in [0.1, 0.15) is 0 Å². The highest BCUT2D eigenvalue weighted by molar-refractivity contribution is 5.76. The van der Waals surface area contributed by atoms with Crippen molar-refractivity contribution in [1.82, 2.24) is 5.32 Å². The molecule has 6 heteroatoms. The van der Waals surface area contributed by atoms with Gasteiger partial charge in [0.15, 0.2) is 0 Å². The second kappa shape index (κ2) is 42.6. The van der Waals surface area contributed by atoms with Crippen LogP contribution in [0.25, 0.3) is 0 Å². The van der Waals surface area contributed by atoms with E-state index in [2.05, 4.69) is 19.2 Å². The Morgan fingerprint density at radius 1 is 0.462 bits per heavy atom. The number of ether oxygens (including phenoxy) is 1. The zero-order valence-electron chi connectivity index (χ0n) is 35.1. The monoisotopic (exact) mass is 738 g/mol. The van der Waals surface area contributed by atoms with Gasteiger partial charge in [-0.15, -0.1) is 0 Å². The summed E-state index contributed by atoms with van der Waals surface area (Å²) in [6, 6.07) is -0.552. The standard InChI is InChI=1S/C46H91NO5/c1-3-5-7-9-11-13-15-16-19-22-26-30-34-38-44(49)43(42-48)47-45(50)39-35-31-27-23-20-17-21-25-29-33-37-41-52-46(51)40-36-32-28-24-18-14-12-10-8-6-4-2/h43-44,48-49H,3-42H2,1-2H3,(H,47,50). The van der Waals surface area contributed by atoms with E-state index >= 15 is 0 Å². The predicted octanol–water partition coefficient (Wildman–Crippen LogP) is 13.2. The van der Waals surface area contributed by atoms with Crippen LogP contribution < -0.4 is 5.32 Å². The largest absolute Gasteiger partial charge is 0.466 e. The Labute approximate surface area is 324 Å². The lowest BCUT2D eigenvalue weighted by Crippen LogP contribution is -2.45. The molecule has 0 saturated heterocycles. The zero-order valence-corrected chi connectivity index (χ0v) is 35.1. The van der Waals surface area contributed by atoms with E-state index in [0.717, 1.165) is 57.8 Å². The van der Waals surface area contributed by atoms with Crippen molar-refractivity contribution in [3.63, 3.8) is 0 Å². The molecule has 6 nitrogen and oxygen atoms in total. The molecule has 0 spiro atoms. The van der Waals surface area contributed by atoms with Crippen LogP contribution >= 0.6 is 0 Å². The number of carbonyl (C=O) groups excluding carboxylic acids is 2. The molecular weight excluding hydrogens is 647 g/mol. The van der Waals surface area contributed by atoms with Gasteiger partial charge in [-0.25, -0.2) is 0 Å². The fourth-order valence-corrected chi connectivity index (χ4v) is 7.29. The second-order valence-electron chi connectivity index (χ2n) is 16.1. The smallest absolute Gasteiger partial charge is 0.305 e. The van der Waals surface area contributed by atoms with Crippen LogP contribution in [0, 0.1) is 0 Å². The van der Waals surface area contributed by atoms with Gasteiger partial charge in [-0.2, -0.15) is 0 Å². The summed E-state index contributed by atoms with van der Waals surface area (Å²) in [4.78, 5) is 24.4. The summed E-state index contributed by atoms with van der Waals surface area (Å²) in [5.41, 5.74) is 0. The molecule has 0 aliphatic rings. The summed E-state index contributed by atoms with van der Waals surface area (Å²) in [7, 11) is 0. The minimum absolute atomic E-state index is 0.0138. The van der Waals surface area contributed by atoms with Gasteiger partial charge in [-0.3, -0.25) is 9.59 Å². The normalized spacial score (nSPS) is 12.6. The number of amides is 1. The number of aliphatic hydroxyl groups excluding tert-OH is 2. The van der Waals surface area contributed by atoms with Crippen LogP contribution in [-0.4, -0.2) is 47.4 Å². The highest BCUT2D eigenvalue weighted by Crippen LogP contribution is 2.16. The zero-order chi connectivity index (χ0) is 38.0. The Morgan fingerprint density at radius 2 is 0.788 bits per heavy atom. The molecule has 0 fully saturated rings. The SMILES string of the molecule is CCCCCCCCCCCCCCCC(O)C(CO)NC(=O)CCCCCCCCCCCCCOC(=O)CCCCCCCCCCCCC. The van der Waals surface area contributed by atoms with Crippen molar-refractivity contribution in [2.24, 2.45) is 0 Å². The summed E-state index contributed by atoms with van der Waals surface area (Å²) in [5, 5.41) is 23.1. The molecule has 0 aromatic heterocycles. The molecule has 2 unspecified atom stereocenters. The number of rotatable bonds is 43. The van der Waals surface area contributed by atoms with E-state index in [9.17, 15) is 19.8 Å². The fourth-order valence-electron chi connectivity index (χ4n) is 7.29. The Kier molecular flexibility index (Phi) is 41.7. The molecule has 0 aromatic rings. The Morgan fingerprint density at radius 3 is 1.17 bits per heavy atom. The lowest BCUT2D eigenvalue weighted by Gasteiger charge is -2.22. The predicted molar refractivity (Wildman–Crippen MR) is 223 cm³/mol. The molecule has 2 atom stereocenters. The third-order valence-corrected chi connectivity index (χ3v) is 10.9. The first-order valence-electron chi connectivity index (χ1n) is 23.3. The minimum Gasteiger partial charge on any atom is -0.466 e. The first-order chi connectivity index (χ1) is 25.5. The molecular formula is C46H91NO5. The van der Waals surface area contributed by atoms with Crippen LogP contribution in [0.2, 0.25) is 0 Å². The molecule has 310 valence electrons. The Balaban J connectivity index is 3.47. The molecule has 3 N–H and O–H groups in total. The third-order valence-electron chi connectivity index (χ3n) is 10.9. The highest BCUT2D eigenvalue weighted by Gasteiger charge is 2.20. The van der Waals surface area contributed by atoms with E-state index in [1.54, 1.807) is 0 Å². The van der Waals surface area contributed by atoms with Crippen LogP contribution in [0.15, 0.2) is 0 Å². The number of nitrogens with one attached hydrogen (secondary N) is 1. The number of hydrogen-bond acceptors (Lipinski definition) is 5. The lowest BCUT2D eigenvalue weighted by molar-refractivity contribution is -0.143. The average molecular weight is 738 g/mol. The van der Waals surface area contributed by atoms with Gasteiger partial charge in [0.25, 0.3) is 0 Å². The number of aliphatic hydroxyl groups is 2. The molecule has 0 rings (SSSR count). The number of carbonyl (C=O) groups is 2. The van der Waals surface area contributed by atoms with E-state index in [4.69, 9.17) is 4.74 Å². The van der Waals surface area contributed by atoms with Crippen LogP contribution in [0.5, 0.6) is 0 Å². The fraction of sp³-hybridized carbons (Fsp3) is 0.957. The number of hydrogen-bond donors (Lipinski definition) is 3. The molecule has 0 bridgehead atoms. The molecule has 0 saturated carbocycles. The third kappa shape index (κ3) is 38.6. The highest BCUT2D eigenvalue weighted by atomic mass is 16.5. The van der Waals surface area contributed by atoms with E-state index in [0.29, 0.717) is 25.9 Å². The van der Waals surface area contributed by atoms with Gasteiger partial charge in [0.05, 0.1) is 25.4 Å². The van der Waals surface area contributed by atoms with Crippen LogP contribution in [0.4, 0.5) is 0 Å². The molecule has 0 aromatic carbocycles. The molecule has 1 amide bonds. The van der Waals surface area contributed by atoms with E-state index < -0.39 is 12.1 Å². The molecule has 0 radical (unpaired) electrons. The van der Waals surface area contributed by atoms with Crippen molar-refractivity contribution < 1.29 is 24.5 Å². The Hall–Kier alpha value is -1.14. The van der Waals surface area contributed by atoms with Gasteiger partial charge < -0.3 is 20.3 Å². The maximum atomic E-state index is 12.4. The summed E-state index contributed by atoms with van der Waals surface area (Å²) in [6.07, 6.45) is 44.8.